The second-order valence-electron chi connectivity index (χ2n) is 10.1. The van der Waals surface area contributed by atoms with E-state index in [1.165, 1.54) is 0 Å². The summed E-state index contributed by atoms with van der Waals surface area (Å²) in [6.07, 6.45) is 4.65. The summed E-state index contributed by atoms with van der Waals surface area (Å²) >= 11 is 0. The van der Waals surface area contributed by atoms with Gasteiger partial charge in [0.25, 0.3) is 0 Å². The standard InChI is InChI=1S/C26H30N8O5/c1-17(35)33-15-19(16-33)38-25-20(4-3-6-27-25)21-13-28-34-7-5-22(29-24(21)34)31-8-10-32(11-9-31)26(37)39-18-12-23(36)30(2)14-18/h3-7,13,18-19H,8-12,14-16H2,1-2H3/t18-/m1/s1. The molecule has 6 heterocycles. The van der Waals surface area contributed by atoms with Crippen LogP contribution >= 0.6 is 0 Å². The van der Waals surface area contributed by atoms with Crippen LogP contribution in [-0.2, 0) is 14.3 Å². The molecule has 39 heavy (non-hydrogen) atoms. The largest absolute Gasteiger partial charge is 0.470 e. The maximum absolute atomic E-state index is 12.6. The van der Waals surface area contributed by atoms with Crippen LogP contribution < -0.4 is 9.64 Å². The molecule has 204 valence electrons. The Morgan fingerprint density at radius 1 is 1.00 bits per heavy atom. The van der Waals surface area contributed by atoms with Gasteiger partial charge in [-0.05, 0) is 18.2 Å². The van der Waals surface area contributed by atoms with Crippen molar-refractivity contribution in [3.05, 3.63) is 36.8 Å². The summed E-state index contributed by atoms with van der Waals surface area (Å²) < 4.78 is 13.4. The minimum atomic E-state index is -0.392. The maximum atomic E-state index is 12.6. The molecule has 3 aromatic heterocycles. The van der Waals surface area contributed by atoms with Crippen LogP contribution in [0.15, 0.2) is 36.8 Å². The fraction of sp³-hybridized carbons (Fsp3) is 0.462. The third kappa shape index (κ3) is 4.91. The summed E-state index contributed by atoms with van der Waals surface area (Å²) in [6.45, 7) is 5.25. The summed E-state index contributed by atoms with van der Waals surface area (Å²) in [5.41, 5.74) is 2.24. The molecule has 3 aliphatic rings. The topological polar surface area (TPSA) is 126 Å². The predicted octanol–water partition coefficient (Wildman–Crippen LogP) is 0.890. The van der Waals surface area contributed by atoms with E-state index < -0.39 is 6.10 Å². The van der Waals surface area contributed by atoms with E-state index in [2.05, 4.69) is 15.0 Å². The molecule has 0 N–H and O–H groups in total. The number of likely N-dealkylation sites (N-methyl/N-ethyl adjacent to an activating group) is 1. The molecule has 0 spiro atoms. The first kappa shape index (κ1) is 24.9. The number of aromatic nitrogens is 4. The van der Waals surface area contributed by atoms with Crippen molar-refractivity contribution in [3.63, 3.8) is 0 Å². The third-order valence-corrected chi connectivity index (χ3v) is 7.42. The van der Waals surface area contributed by atoms with E-state index in [1.54, 1.807) is 45.6 Å². The first-order chi connectivity index (χ1) is 18.9. The second kappa shape index (κ2) is 10.0. The van der Waals surface area contributed by atoms with Crippen molar-refractivity contribution < 1.29 is 23.9 Å². The van der Waals surface area contributed by atoms with E-state index in [1.807, 2.05) is 24.4 Å². The van der Waals surface area contributed by atoms with Crippen molar-refractivity contribution >= 4 is 29.4 Å². The summed E-state index contributed by atoms with van der Waals surface area (Å²) in [4.78, 5) is 52.3. The van der Waals surface area contributed by atoms with E-state index in [0.29, 0.717) is 57.3 Å². The smallest absolute Gasteiger partial charge is 0.410 e. The van der Waals surface area contributed by atoms with Crippen molar-refractivity contribution in [1.29, 1.82) is 0 Å². The third-order valence-electron chi connectivity index (χ3n) is 7.42. The molecule has 3 fully saturated rings. The van der Waals surface area contributed by atoms with Gasteiger partial charge >= 0.3 is 6.09 Å². The number of nitrogens with zero attached hydrogens (tertiary/aromatic N) is 8. The Morgan fingerprint density at radius 3 is 2.51 bits per heavy atom. The number of hydrogen-bond donors (Lipinski definition) is 0. The Morgan fingerprint density at radius 2 is 1.79 bits per heavy atom. The van der Waals surface area contributed by atoms with Crippen molar-refractivity contribution in [1.82, 2.24) is 34.3 Å². The molecule has 13 nitrogen and oxygen atoms in total. The number of carbonyl (C=O) groups is 3. The van der Waals surface area contributed by atoms with Crippen molar-refractivity contribution in [2.75, 3.05) is 57.8 Å². The van der Waals surface area contributed by atoms with Crippen LogP contribution in [0.5, 0.6) is 5.88 Å². The molecule has 0 unspecified atom stereocenters. The highest BCUT2D eigenvalue weighted by Gasteiger charge is 2.33. The summed E-state index contributed by atoms with van der Waals surface area (Å²) in [6, 6.07) is 5.67. The molecule has 0 saturated carbocycles. The Labute approximate surface area is 224 Å². The second-order valence-corrected chi connectivity index (χ2v) is 10.1. The van der Waals surface area contributed by atoms with Crippen molar-refractivity contribution in [3.8, 4) is 17.0 Å². The first-order valence-corrected chi connectivity index (χ1v) is 13.0. The number of fused-ring (bicyclic) bond motifs is 1. The van der Waals surface area contributed by atoms with Gasteiger partial charge in [-0.2, -0.15) is 5.10 Å². The quantitative estimate of drug-likeness (QED) is 0.469. The monoisotopic (exact) mass is 534 g/mol. The van der Waals surface area contributed by atoms with Crippen molar-refractivity contribution in [2.45, 2.75) is 25.6 Å². The fourth-order valence-electron chi connectivity index (χ4n) is 5.08. The fourth-order valence-corrected chi connectivity index (χ4v) is 5.08. The Hall–Kier alpha value is -4.42. The first-order valence-electron chi connectivity index (χ1n) is 13.0. The van der Waals surface area contributed by atoms with Gasteiger partial charge in [-0.25, -0.2) is 19.3 Å². The van der Waals surface area contributed by atoms with Crippen LogP contribution in [0.25, 0.3) is 16.8 Å². The van der Waals surface area contributed by atoms with E-state index in [-0.39, 0.29) is 30.4 Å². The Balaban J connectivity index is 1.14. The SMILES string of the molecule is CC(=O)N1CC(Oc2ncccc2-c2cnn3ccc(N4CCN(C(=O)O[C@@H]5CC(=O)N(C)C5)CC4)nc23)C1. The zero-order valence-corrected chi connectivity index (χ0v) is 21.9. The molecule has 0 aromatic carbocycles. The van der Waals surface area contributed by atoms with Gasteiger partial charge in [0.15, 0.2) is 5.65 Å². The van der Waals surface area contributed by atoms with Gasteiger partial charge < -0.3 is 29.1 Å². The molecule has 0 aliphatic carbocycles. The number of pyridine rings is 1. The van der Waals surface area contributed by atoms with Crippen LogP contribution in [0.2, 0.25) is 0 Å². The number of rotatable bonds is 5. The van der Waals surface area contributed by atoms with Crippen LogP contribution in [0, 0.1) is 0 Å². The van der Waals surface area contributed by atoms with Crippen LogP contribution in [0.4, 0.5) is 10.6 Å². The van der Waals surface area contributed by atoms with E-state index in [4.69, 9.17) is 14.5 Å². The molecular weight excluding hydrogens is 504 g/mol. The number of likely N-dealkylation sites (tertiary alicyclic amines) is 2. The molecule has 6 rings (SSSR count). The zero-order valence-electron chi connectivity index (χ0n) is 21.9. The van der Waals surface area contributed by atoms with Gasteiger partial charge in [-0.3, -0.25) is 9.59 Å². The number of piperazine rings is 1. The lowest BCUT2D eigenvalue weighted by molar-refractivity contribution is -0.137. The van der Waals surface area contributed by atoms with Gasteiger partial charge in [0.05, 0.1) is 37.8 Å². The van der Waals surface area contributed by atoms with Gasteiger partial charge in [0.2, 0.25) is 17.7 Å². The summed E-state index contributed by atoms with van der Waals surface area (Å²) in [5, 5.41) is 4.47. The number of anilines is 1. The molecule has 3 aliphatic heterocycles. The normalized spacial score (nSPS) is 19.9. The highest BCUT2D eigenvalue weighted by atomic mass is 16.6. The van der Waals surface area contributed by atoms with E-state index in [0.717, 1.165) is 16.9 Å². The van der Waals surface area contributed by atoms with E-state index in [9.17, 15) is 14.4 Å². The predicted molar refractivity (Wildman–Crippen MR) is 139 cm³/mol. The van der Waals surface area contributed by atoms with Gasteiger partial charge in [-0.1, -0.05) is 0 Å². The lowest BCUT2D eigenvalue weighted by Crippen LogP contribution is -2.55. The van der Waals surface area contributed by atoms with Gasteiger partial charge in [0.1, 0.15) is 18.0 Å². The molecular formula is C26H30N8O5. The summed E-state index contributed by atoms with van der Waals surface area (Å²) in [7, 11) is 1.71. The van der Waals surface area contributed by atoms with Crippen LogP contribution in [-0.4, -0.2) is 117 Å². The highest BCUT2D eigenvalue weighted by molar-refractivity contribution is 5.81. The average Bonchev–Trinajstić information content (AvgIpc) is 3.47. The minimum absolute atomic E-state index is 0.00837. The van der Waals surface area contributed by atoms with Crippen molar-refractivity contribution in [2.24, 2.45) is 0 Å². The lowest BCUT2D eigenvalue weighted by Gasteiger charge is -2.38. The molecule has 3 aromatic rings. The molecule has 3 amide bonds. The van der Waals surface area contributed by atoms with Gasteiger partial charge in [-0.15, -0.1) is 0 Å². The van der Waals surface area contributed by atoms with Crippen LogP contribution in [0.1, 0.15) is 13.3 Å². The Kier molecular flexibility index (Phi) is 6.41. The molecule has 13 heteroatoms. The maximum Gasteiger partial charge on any atom is 0.410 e. The zero-order chi connectivity index (χ0) is 27.1. The molecule has 0 bridgehead atoms. The summed E-state index contributed by atoms with van der Waals surface area (Å²) in [5.74, 6) is 1.29. The minimum Gasteiger partial charge on any atom is -0.470 e. The Bertz CT molecular complexity index is 1410. The van der Waals surface area contributed by atoms with Gasteiger partial charge in [0, 0.05) is 58.1 Å². The molecule has 0 radical (unpaired) electrons. The molecule has 1 atom stereocenters. The highest BCUT2D eigenvalue weighted by Crippen LogP contribution is 2.32. The lowest BCUT2D eigenvalue weighted by atomic mass is 10.1. The number of ether oxygens (including phenoxy) is 2. The van der Waals surface area contributed by atoms with E-state index >= 15 is 0 Å². The number of carbonyl (C=O) groups excluding carboxylic acids is 3. The molecule has 3 saturated heterocycles. The van der Waals surface area contributed by atoms with Crippen LogP contribution in [0.3, 0.4) is 0 Å². The number of hydrogen-bond acceptors (Lipinski definition) is 9. The average molecular weight is 535 g/mol. The number of amides is 3.